The molecule has 2 heterocycles. The van der Waals surface area contributed by atoms with Crippen molar-refractivity contribution >= 4 is 17.8 Å². The van der Waals surface area contributed by atoms with E-state index in [4.69, 9.17) is 14.5 Å². The highest BCUT2D eigenvalue weighted by atomic mass is 16.5. The van der Waals surface area contributed by atoms with Gasteiger partial charge in [-0.05, 0) is 49.8 Å². The number of carbonyl (C=O) groups is 1. The van der Waals surface area contributed by atoms with Gasteiger partial charge in [0.15, 0.2) is 11.5 Å². The third kappa shape index (κ3) is 3.24. The highest BCUT2D eigenvalue weighted by Gasteiger charge is 2.36. The molecule has 0 aromatic heterocycles. The third-order valence-electron chi connectivity index (χ3n) is 5.67. The predicted molar refractivity (Wildman–Crippen MR) is 110 cm³/mol. The van der Waals surface area contributed by atoms with Gasteiger partial charge in [0.2, 0.25) is 6.41 Å². The molecule has 2 aromatic rings. The van der Waals surface area contributed by atoms with Crippen LogP contribution in [-0.4, -0.2) is 57.4 Å². The predicted octanol–water partition coefficient (Wildman–Crippen LogP) is 2.91. The average molecular weight is 379 g/mol. The first kappa shape index (κ1) is 18.5. The average Bonchev–Trinajstić information content (AvgIpc) is 2.73. The fraction of sp³-hybridized carbons (Fsp3) is 0.364. The molecule has 1 fully saturated rings. The number of likely N-dealkylation sites (tertiary alicyclic amines) is 1. The summed E-state index contributed by atoms with van der Waals surface area (Å²) in [6, 6.07) is 12.2. The number of likely N-dealkylation sites (N-methyl/N-ethyl adjacent to an activating group) is 1. The van der Waals surface area contributed by atoms with Crippen molar-refractivity contribution in [3.8, 4) is 11.5 Å². The molecular weight excluding hydrogens is 354 g/mol. The molecule has 146 valence electrons. The Kier molecular flexibility index (Phi) is 5.05. The molecule has 4 rings (SSSR count). The number of fused-ring (bicyclic) bond motifs is 3. The number of nitrogens with one attached hydrogen (secondary N) is 1. The van der Waals surface area contributed by atoms with Crippen LogP contribution in [-0.2, 0) is 4.79 Å². The van der Waals surface area contributed by atoms with Crippen LogP contribution < -0.4 is 14.8 Å². The standard InChI is InChI=1S/C22H25N3O3/c1-25-9-8-19-18(12-25)16-10-20(27-2)21(28-3)11-17(16)22(24-19)14-4-6-15(7-5-14)23-13-26/h4-7,10-11,13,18-19H,8-9,12H2,1-3H3,(H,23,26). The van der Waals surface area contributed by atoms with Gasteiger partial charge in [0.1, 0.15) is 0 Å². The van der Waals surface area contributed by atoms with E-state index in [-0.39, 0.29) is 6.04 Å². The van der Waals surface area contributed by atoms with Crippen LogP contribution in [0.3, 0.4) is 0 Å². The van der Waals surface area contributed by atoms with Gasteiger partial charge in [-0.3, -0.25) is 9.79 Å². The van der Waals surface area contributed by atoms with E-state index in [9.17, 15) is 4.79 Å². The lowest BCUT2D eigenvalue weighted by atomic mass is 9.79. The van der Waals surface area contributed by atoms with Crippen LogP contribution in [0.1, 0.15) is 29.0 Å². The fourth-order valence-corrected chi connectivity index (χ4v) is 4.23. The van der Waals surface area contributed by atoms with E-state index < -0.39 is 0 Å². The van der Waals surface area contributed by atoms with E-state index >= 15 is 0 Å². The number of carbonyl (C=O) groups excluding carboxylic acids is 1. The summed E-state index contributed by atoms with van der Waals surface area (Å²) in [6.07, 6.45) is 1.71. The Hall–Kier alpha value is -2.86. The monoisotopic (exact) mass is 379 g/mol. The highest BCUT2D eigenvalue weighted by Crippen LogP contribution is 2.42. The first-order valence-electron chi connectivity index (χ1n) is 9.48. The minimum absolute atomic E-state index is 0.254. The molecular formula is C22H25N3O3. The minimum Gasteiger partial charge on any atom is -0.493 e. The quantitative estimate of drug-likeness (QED) is 0.812. The smallest absolute Gasteiger partial charge is 0.211 e. The first-order valence-corrected chi connectivity index (χ1v) is 9.48. The largest absolute Gasteiger partial charge is 0.493 e. The minimum atomic E-state index is 0.254. The van der Waals surface area contributed by atoms with Gasteiger partial charge in [-0.2, -0.15) is 0 Å². The summed E-state index contributed by atoms with van der Waals surface area (Å²) in [5.41, 5.74) is 5.11. The van der Waals surface area contributed by atoms with Crippen LogP contribution >= 0.6 is 0 Å². The molecule has 0 aliphatic carbocycles. The summed E-state index contributed by atoms with van der Waals surface area (Å²) in [4.78, 5) is 18.2. The molecule has 0 bridgehead atoms. The van der Waals surface area contributed by atoms with Crippen molar-refractivity contribution in [3.63, 3.8) is 0 Å². The van der Waals surface area contributed by atoms with Crippen molar-refractivity contribution in [1.29, 1.82) is 0 Å². The SMILES string of the molecule is COc1cc2c(cc1OC)C1CN(C)CCC1N=C2c1ccc(NC=O)cc1. The number of benzene rings is 2. The Balaban J connectivity index is 1.84. The Morgan fingerprint density at radius 3 is 2.54 bits per heavy atom. The number of methoxy groups -OCH3 is 2. The normalized spacial score (nSPS) is 21.2. The van der Waals surface area contributed by atoms with Gasteiger partial charge in [0.25, 0.3) is 0 Å². The third-order valence-corrected chi connectivity index (χ3v) is 5.67. The highest BCUT2D eigenvalue weighted by molar-refractivity contribution is 6.15. The summed E-state index contributed by atoms with van der Waals surface area (Å²) in [5.74, 6) is 1.80. The van der Waals surface area contributed by atoms with Crippen molar-refractivity contribution in [2.24, 2.45) is 4.99 Å². The molecule has 1 N–H and O–H groups in total. The van der Waals surface area contributed by atoms with Crippen LogP contribution in [0.15, 0.2) is 41.4 Å². The van der Waals surface area contributed by atoms with Crippen LogP contribution in [0.2, 0.25) is 0 Å². The number of aliphatic imine (C=N–C) groups is 1. The molecule has 1 saturated heterocycles. The van der Waals surface area contributed by atoms with Gasteiger partial charge in [0, 0.05) is 29.3 Å². The Morgan fingerprint density at radius 1 is 1.14 bits per heavy atom. The summed E-state index contributed by atoms with van der Waals surface area (Å²) in [6.45, 7) is 2.02. The van der Waals surface area contributed by atoms with Gasteiger partial charge in [0.05, 0.1) is 26.0 Å². The second-order valence-electron chi connectivity index (χ2n) is 7.34. The van der Waals surface area contributed by atoms with Crippen LogP contribution in [0.25, 0.3) is 0 Å². The molecule has 1 amide bonds. The van der Waals surface area contributed by atoms with Gasteiger partial charge in [-0.1, -0.05) is 12.1 Å². The number of hydrogen-bond donors (Lipinski definition) is 1. The van der Waals surface area contributed by atoms with E-state index in [1.807, 2.05) is 30.3 Å². The molecule has 0 spiro atoms. The molecule has 6 heteroatoms. The molecule has 0 saturated carbocycles. The number of amides is 1. The summed E-state index contributed by atoms with van der Waals surface area (Å²) in [7, 11) is 5.49. The molecule has 2 atom stereocenters. The number of piperidine rings is 1. The number of anilines is 1. The molecule has 0 radical (unpaired) electrons. The van der Waals surface area contributed by atoms with Crippen molar-refractivity contribution in [2.75, 3.05) is 39.7 Å². The second kappa shape index (κ2) is 7.64. The topological polar surface area (TPSA) is 63.2 Å². The van der Waals surface area contributed by atoms with Crippen molar-refractivity contribution in [2.45, 2.75) is 18.4 Å². The maximum atomic E-state index is 10.7. The lowest BCUT2D eigenvalue weighted by molar-refractivity contribution is -0.105. The van der Waals surface area contributed by atoms with E-state index in [0.717, 1.165) is 47.8 Å². The molecule has 2 aromatic carbocycles. The number of ether oxygens (including phenoxy) is 2. The maximum Gasteiger partial charge on any atom is 0.211 e. The Bertz CT molecular complexity index is 908. The van der Waals surface area contributed by atoms with Crippen LogP contribution in [0.5, 0.6) is 11.5 Å². The molecule has 28 heavy (non-hydrogen) atoms. The summed E-state index contributed by atoms with van der Waals surface area (Å²) in [5, 5.41) is 2.68. The zero-order chi connectivity index (χ0) is 19.7. The van der Waals surface area contributed by atoms with Crippen molar-refractivity contribution in [1.82, 2.24) is 4.90 Å². The molecule has 2 aliphatic rings. The van der Waals surface area contributed by atoms with Gasteiger partial charge in [-0.15, -0.1) is 0 Å². The maximum absolute atomic E-state index is 10.7. The summed E-state index contributed by atoms with van der Waals surface area (Å²) >= 11 is 0. The number of nitrogens with zero attached hydrogens (tertiary/aromatic N) is 2. The van der Waals surface area contributed by atoms with Gasteiger partial charge in [-0.25, -0.2) is 0 Å². The fourth-order valence-electron chi connectivity index (χ4n) is 4.23. The van der Waals surface area contributed by atoms with Crippen molar-refractivity contribution in [3.05, 3.63) is 53.1 Å². The van der Waals surface area contributed by atoms with Crippen LogP contribution in [0.4, 0.5) is 5.69 Å². The van der Waals surface area contributed by atoms with E-state index in [2.05, 4.69) is 23.3 Å². The lowest BCUT2D eigenvalue weighted by Gasteiger charge is -2.39. The van der Waals surface area contributed by atoms with Gasteiger partial charge < -0.3 is 19.7 Å². The second-order valence-corrected chi connectivity index (χ2v) is 7.34. The lowest BCUT2D eigenvalue weighted by Crippen LogP contribution is -2.41. The molecule has 2 unspecified atom stereocenters. The number of hydrogen-bond acceptors (Lipinski definition) is 5. The first-order chi connectivity index (χ1) is 13.6. The zero-order valence-corrected chi connectivity index (χ0v) is 16.4. The number of rotatable bonds is 5. The van der Waals surface area contributed by atoms with Crippen LogP contribution in [0, 0.1) is 0 Å². The van der Waals surface area contributed by atoms with E-state index in [1.54, 1.807) is 14.2 Å². The molecule has 6 nitrogen and oxygen atoms in total. The van der Waals surface area contributed by atoms with Gasteiger partial charge >= 0.3 is 0 Å². The van der Waals surface area contributed by atoms with Crippen molar-refractivity contribution < 1.29 is 14.3 Å². The van der Waals surface area contributed by atoms with E-state index in [0.29, 0.717) is 18.1 Å². The Morgan fingerprint density at radius 2 is 1.86 bits per heavy atom. The Labute approximate surface area is 165 Å². The molecule has 2 aliphatic heterocycles. The zero-order valence-electron chi connectivity index (χ0n) is 16.4. The summed E-state index contributed by atoms with van der Waals surface area (Å²) < 4.78 is 11.1. The van der Waals surface area contributed by atoms with E-state index in [1.165, 1.54) is 5.56 Å².